The lowest BCUT2D eigenvalue weighted by Gasteiger charge is -2.27. The second-order valence-corrected chi connectivity index (χ2v) is 14.1. The van der Waals surface area contributed by atoms with Gasteiger partial charge in [-0.1, -0.05) is 133 Å². The third kappa shape index (κ3) is 5.13. The number of para-hydroxylation sites is 3. The van der Waals surface area contributed by atoms with Gasteiger partial charge in [0.2, 0.25) is 0 Å². The van der Waals surface area contributed by atoms with E-state index in [1.807, 2.05) is 12.1 Å². The predicted molar refractivity (Wildman–Crippen MR) is 231 cm³/mol. The van der Waals surface area contributed by atoms with Crippen LogP contribution in [0.2, 0.25) is 0 Å². The molecule has 3 nitrogen and oxygen atoms in total. The van der Waals surface area contributed by atoms with Crippen LogP contribution < -0.4 is 4.90 Å². The Hall–Kier alpha value is -7.36. The van der Waals surface area contributed by atoms with Gasteiger partial charge in [-0.2, -0.15) is 0 Å². The summed E-state index contributed by atoms with van der Waals surface area (Å²) in [4.78, 5) is 2.41. The molecule has 0 spiro atoms. The van der Waals surface area contributed by atoms with Crippen molar-refractivity contribution < 1.29 is 4.42 Å². The SMILES string of the molecule is c1ccc(-c2ccc(N(c3ccc(-c4ccc5ccc6oc7ccccc7c6c5c4)cc3)c3cccc4c3c3ccccc3n4-c3ccccc3)cc2)cc1. The summed E-state index contributed by atoms with van der Waals surface area (Å²) in [5.41, 5.74) is 13.4. The first-order chi connectivity index (χ1) is 27.3. The van der Waals surface area contributed by atoms with Gasteiger partial charge in [-0.05, 0) is 106 Å². The maximum absolute atomic E-state index is 6.24. The molecule has 9 aromatic carbocycles. The Morgan fingerprint density at radius 3 is 1.71 bits per heavy atom. The summed E-state index contributed by atoms with van der Waals surface area (Å²) in [6.45, 7) is 0. The summed E-state index contributed by atoms with van der Waals surface area (Å²) >= 11 is 0. The van der Waals surface area contributed by atoms with Crippen LogP contribution in [0.4, 0.5) is 17.1 Å². The summed E-state index contributed by atoms with van der Waals surface area (Å²) in [6, 6.07) is 74.0. The van der Waals surface area contributed by atoms with Crippen molar-refractivity contribution in [2.45, 2.75) is 0 Å². The van der Waals surface area contributed by atoms with E-state index in [2.05, 4.69) is 204 Å². The molecule has 0 saturated heterocycles. The van der Waals surface area contributed by atoms with Crippen molar-refractivity contribution in [1.29, 1.82) is 0 Å². The second-order valence-electron chi connectivity index (χ2n) is 14.1. The minimum atomic E-state index is 0.915. The van der Waals surface area contributed by atoms with Crippen molar-refractivity contribution in [1.82, 2.24) is 4.57 Å². The molecule has 2 heterocycles. The van der Waals surface area contributed by atoms with Crippen molar-refractivity contribution in [3.8, 4) is 27.9 Å². The van der Waals surface area contributed by atoms with E-state index in [0.29, 0.717) is 0 Å². The second kappa shape index (κ2) is 12.6. The highest BCUT2D eigenvalue weighted by atomic mass is 16.3. The quantitative estimate of drug-likeness (QED) is 0.172. The lowest BCUT2D eigenvalue weighted by atomic mass is 9.97. The number of furan rings is 1. The molecule has 0 unspecified atom stereocenters. The van der Waals surface area contributed by atoms with Crippen molar-refractivity contribution in [3.05, 3.63) is 206 Å². The number of rotatable bonds is 6. The van der Waals surface area contributed by atoms with Gasteiger partial charge in [0.25, 0.3) is 0 Å². The molecule has 3 heteroatoms. The van der Waals surface area contributed by atoms with Crippen molar-refractivity contribution >= 4 is 71.6 Å². The molecule has 0 atom stereocenters. The van der Waals surface area contributed by atoms with Crippen molar-refractivity contribution in [2.24, 2.45) is 0 Å². The maximum Gasteiger partial charge on any atom is 0.136 e. The molecule has 11 aromatic rings. The number of nitrogens with zero attached hydrogens (tertiary/aromatic N) is 2. The summed E-state index contributed by atoms with van der Waals surface area (Å²) in [6.07, 6.45) is 0. The van der Waals surface area contributed by atoms with Crippen molar-refractivity contribution in [2.75, 3.05) is 4.90 Å². The summed E-state index contributed by atoms with van der Waals surface area (Å²) in [5, 5.41) is 7.14. The van der Waals surface area contributed by atoms with Gasteiger partial charge >= 0.3 is 0 Å². The molecule has 0 amide bonds. The Balaban J connectivity index is 1.08. The molecule has 0 saturated carbocycles. The largest absolute Gasteiger partial charge is 0.456 e. The van der Waals surface area contributed by atoms with Crippen molar-refractivity contribution in [3.63, 3.8) is 0 Å². The smallest absolute Gasteiger partial charge is 0.136 e. The molecule has 55 heavy (non-hydrogen) atoms. The van der Waals surface area contributed by atoms with Crippen LogP contribution in [-0.2, 0) is 0 Å². The van der Waals surface area contributed by atoms with E-state index in [0.717, 1.165) is 44.9 Å². The summed E-state index contributed by atoms with van der Waals surface area (Å²) in [7, 11) is 0. The highest BCUT2D eigenvalue weighted by Gasteiger charge is 2.21. The van der Waals surface area contributed by atoms with Crippen LogP contribution in [0.15, 0.2) is 211 Å². The summed E-state index contributed by atoms with van der Waals surface area (Å²) < 4.78 is 8.62. The van der Waals surface area contributed by atoms with Gasteiger partial charge < -0.3 is 13.9 Å². The van der Waals surface area contributed by atoms with Crippen LogP contribution in [0.1, 0.15) is 0 Å². The number of hydrogen-bond acceptors (Lipinski definition) is 2. The minimum absolute atomic E-state index is 0.915. The standard InChI is InChI=1S/C52H34N2O/c1-3-12-35(13-4-1)36-24-29-41(30-25-36)53(47-19-11-20-48-52(47)43-16-7-9-18-46(43)54(48)40-14-5-2-6-15-40)42-31-26-37(27-32-42)39-23-22-38-28-33-50-51(45(38)34-39)44-17-8-10-21-49(44)55-50/h1-34H. The molecular formula is C52H34N2O. The van der Waals surface area contributed by atoms with E-state index in [1.165, 1.54) is 54.7 Å². The zero-order valence-corrected chi connectivity index (χ0v) is 29.9. The fraction of sp³-hybridized carbons (Fsp3) is 0. The predicted octanol–water partition coefficient (Wildman–Crippen LogP) is 14.6. The van der Waals surface area contributed by atoms with Gasteiger partial charge in [0, 0.05) is 38.6 Å². The topological polar surface area (TPSA) is 21.3 Å². The fourth-order valence-electron chi connectivity index (χ4n) is 8.43. The zero-order chi connectivity index (χ0) is 36.3. The monoisotopic (exact) mass is 702 g/mol. The Kier molecular flexibility index (Phi) is 7.17. The Labute approximate surface area is 318 Å². The average Bonchev–Trinajstić information content (AvgIpc) is 3.81. The third-order valence-corrected chi connectivity index (χ3v) is 11.0. The molecule has 2 aromatic heterocycles. The molecule has 11 rings (SSSR count). The van der Waals surface area contributed by atoms with Crippen LogP contribution >= 0.6 is 0 Å². The maximum atomic E-state index is 6.24. The molecule has 0 aliphatic carbocycles. The number of hydrogen-bond donors (Lipinski definition) is 0. The van der Waals surface area contributed by atoms with Gasteiger partial charge in [0.15, 0.2) is 0 Å². The molecule has 0 N–H and O–H groups in total. The highest BCUT2D eigenvalue weighted by molar-refractivity contribution is 6.19. The number of fused-ring (bicyclic) bond motifs is 8. The highest BCUT2D eigenvalue weighted by Crippen LogP contribution is 2.45. The van der Waals surface area contributed by atoms with Gasteiger partial charge in [0.1, 0.15) is 11.2 Å². The minimum Gasteiger partial charge on any atom is -0.456 e. The molecule has 0 aliphatic heterocycles. The molecule has 0 aliphatic rings. The Bertz CT molecular complexity index is 3180. The van der Waals surface area contributed by atoms with E-state index in [1.54, 1.807) is 0 Å². The van der Waals surface area contributed by atoms with Crippen LogP contribution in [0.3, 0.4) is 0 Å². The van der Waals surface area contributed by atoms with E-state index in [-0.39, 0.29) is 0 Å². The average molecular weight is 703 g/mol. The lowest BCUT2D eigenvalue weighted by molar-refractivity contribution is 0.669. The molecular weight excluding hydrogens is 669 g/mol. The number of aromatic nitrogens is 1. The number of benzene rings is 9. The molecule has 0 fully saturated rings. The van der Waals surface area contributed by atoms with Gasteiger partial charge in [0.05, 0.1) is 16.7 Å². The Morgan fingerprint density at radius 2 is 0.945 bits per heavy atom. The number of anilines is 3. The molecule has 0 bridgehead atoms. The van der Waals surface area contributed by atoms with Gasteiger partial charge in [-0.15, -0.1) is 0 Å². The van der Waals surface area contributed by atoms with E-state index in [4.69, 9.17) is 4.42 Å². The lowest BCUT2D eigenvalue weighted by Crippen LogP contribution is -2.10. The van der Waals surface area contributed by atoms with E-state index in [9.17, 15) is 0 Å². The van der Waals surface area contributed by atoms with Gasteiger partial charge in [-0.25, -0.2) is 0 Å². The van der Waals surface area contributed by atoms with Crippen LogP contribution in [0, 0.1) is 0 Å². The molecule has 258 valence electrons. The third-order valence-electron chi connectivity index (χ3n) is 11.0. The van der Waals surface area contributed by atoms with E-state index >= 15 is 0 Å². The van der Waals surface area contributed by atoms with E-state index < -0.39 is 0 Å². The first-order valence-electron chi connectivity index (χ1n) is 18.8. The first-order valence-corrected chi connectivity index (χ1v) is 18.8. The molecule has 0 radical (unpaired) electrons. The first kappa shape index (κ1) is 31.2. The Morgan fingerprint density at radius 1 is 0.364 bits per heavy atom. The van der Waals surface area contributed by atoms with Crippen LogP contribution in [0.5, 0.6) is 0 Å². The summed E-state index contributed by atoms with van der Waals surface area (Å²) in [5.74, 6) is 0. The normalized spacial score (nSPS) is 11.6. The van der Waals surface area contributed by atoms with Crippen LogP contribution in [-0.4, -0.2) is 4.57 Å². The van der Waals surface area contributed by atoms with Gasteiger partial charge in [-0.3, -0.25) is 0 Å². The van der Waals surface area contributed by atoms with Crippen LogP contribution in [0.25, 0.3) is 82.5 Å². The fourth-order valence-corrected chi connectivity index (χ4v) is 8.43. The zero-order valence-electron chi connectivity index (χ0n) is 29.9.